The Labute approximate surface area is 222 Å². The molecule has 0 bridgehead atoms. The average Bonchev–Trinajstić information content (AvgIpc) is 3.40. The molecule has 37 heavy (non-hydrogen) atoms. The van der Waals surface area contributed by atoms with Crippen molar-refractivity contribution in [2.24, 2.45) is 10.9 Å². The Kier molecular flexibility index (Phi) is 7.38. The van der Waals surface area contributed by atoms with Gasteiger partial charge in [0.15, 0.2) is 17.3 Å². The van der Waals surface area contributed by atoms with Crippen molar-refractivity contribution in [1.29, 1.82) is 0 Å². The van der Waals surface area contributed by atoms with Gasteiger partial charge in [0.25, 0.3) is 0 Å². The lowest BCUT2D eigenvalue weighted by atomic mass is 9.69. The second-order valence-electron chi connectivity index (χ2n) is 10.1. The molecule has 0 spiro atoms. The number of nitrogens with zero attached hydrogens (tertiary/aromatic N) is 1. The molecular formula is C30H32ClNO5. The molecule has 0 saturated heterocycles. The molecule has 0 amide bonds. The standard InChI is InChI=1S/C30H32ClNO5/c1-17-27(30(34)37-22-9-4-5-10-22)28(19-7-6-8-21(31)13-19)29-23(32-17)14-20(15-24(29)33)18-11-12-25(35-2)26(16-18)36-3/h6-8,11-13,16,20,22,27-28H,4-5,9-10,14-15H2,1-3H3/t20-,27?,28-/m1/s1. The highest BCUT2D eigenvalue weighted by molar-refractivity contribution is 6.30. The first-order valence-corrected chi connectivity index (χ1v) is 13.3. The maximum absolute atomic E-state index is 13.8. The van der Waals surface area contributed by atoms with Crippen molar-refractivity contribution in [3.05, 3.63) is 69.9 Å². The summed E-state index contributed by atoms with van der Waals surface area (Å²) in [5.74, 6) is -0.213. The Morgan fingerprint density at radius 1 is 0.973 bits per heavy atom. The third kappa shape index (κ3) is 5.04. The Bertz CT molecular complexity index is 1280. The first-order valence-electron chi connectivity index (χ1n) is 12.9. The lowest BCUT2D eigenvalue weighted by molar-refractivity contribution is -0.151. The fourth-order valence-electron chi connectivity index (χ4n) is 6.01. The molecule has 0 aromatic heterocycles. The van der Waals surface area contributed by atoms with Gasteiger partial charge < -0.3 is 14.2 Å². The molecule has 1 heterocycles. The van der Waals surface area contributed by atoms with Crippen LogP contribution in [0.25, 0.3) is 0 Å². The normalized spacial score (nSPS) is 23.9. The molecule has 2 aromatic rings. The minimum absolute atomic E-state index is 0.000858. The second-order valence-corrected chi connectivity index (χ2v) is 10.5. The quantitative estimate of drug-likeness (QED) is 0.410. The van der Waals surface area contributed by atoms with Crippen molar-refractivity contribution in [2.45, 2.75) is 63.4 Å². The van der Waals surface area contributed by atoms with Gasteiger partial charge in [-0.05, 0) is 80.3 Å². The lowest BCUT2D eigenvalue weighted by Crippen LogP contribution is -2.39. The molecule has 7 heteroatoms. The molecule has 3 atom stereocenters. The predicted molar refractivity (Wildman–Crippen MR) is 143 cm³/mol. The van der Waals surface area contributed by atoms with Crippen LogP contribution in [0.15, 0.2) is 58.7 Å². The summed E-state index contributed by atoms with van der Waals surface area (Å²) in [5, 5.41) is 0.564. The third-order valence-corrected chi connectivity index (χ3v) is 8.05. The van der Waals surface area contributed by atoms with E-state index in [4.69, 9.17) is 30.8 Å². The van der Waals surface area contributed by atoms with Gasteiger partial charge in [0.2, 0.25) is 0 Å². The van der Waals surface area contributed by atoms with Crippen LogP contribution in [0.2, 0.25) is 5.02 Å². The number of ether oxygens (including phenoxy) is 3. The highest BCUT2D eigenvalue weighted by Crippen LogP contribution is 2.48. The van der Waals surface area contributed by atoms with E-state index in [1.54, 1.807) is 20.3 Å². The number of rotatable bonds is 6. The zero-order valence-electron chi connectivity index (χ0n) is 21.5. The topological polar surface area (TPSA) is 74.2 Å². The SMILES string of the molecule is COc1ccc([C@H]2CC(=O)C3=C(C2)N=C(C)C(C(=O)OC2CCCC2)[C@H]3c2cccc(Cl)c2)cc1OC. The molecular weight excluding hydrogens is 490 g/mol. The number of esters is 1. The van der Waals surface area contributed by atoms with Crippen molar-refractivity contribution < 1.29 is 23.8 Å². The van der Waals surface area contributed by atoms with E-state index in [2.05, 4.69) is 0 Å². The first kappa shape index (κ1) is 25.5. The summed E-state index contributed by atoms with van der Waals surface area (Å²) in [5.41, 5.74) is 3.85. The van der Waals surface area contributed by atoms with Crippen molar-refractivity contribution >= 4 is 29.1 Å². The summed E-state index contributed by atoms with van der Waals surface area (Å²) in [7, 11) is 3.20. The van der Waals surface area contributed by atoms with E-state index in [0.717, 1.165) is 42.5 Å². The fraction of sp³-hybridized carbons (Fsp3) is 0.433. The number of aliphatic imine (C=N–C) groups is 1. The number of ketones is 1. The van der Waals surface area contributed by atoms with Gasteiger partial charge in [-0.1, -0.05) is 29.8 Å². The Morgan fingerprint density at radius 2 is 1.73 bits per heavy atom. The van der Waals surface area contributed by atoms with Gasteiger partial charge in [-0.2, -0.15) is 0 Å². The second kappa shape index (κ2) is 10.7. The number of hydrogen-bond donors (Lipinski definition) is 0. The highest BCUT2D eigenvalue weighted by Gasteiger charge is 2.45. The molecule has 1 unspecified atom stereocenters. The minimum atomic E-state index is -0.653. The zero-order chi connectivity index (χ0) is 26.1. The van der Waals surface area contributed by atoms with Gasteiger partial charge in [0.1, 0.15) is 12.0 Å². The number of allylic oxidation sites excluding steroid dienone is 2. The lowest BCUT2D eigenvalue weighted by Gasteiger charge is -2.37. The number of methoxy groups -OCH3 is 2. The monoisotopic (exact) mass is 521 g/mol. The van der Waals surface area contributed by atoms with Crippen molar-refractivity contribution in [2.75, 3.05) is 14.2 Å². The summed E-state index contributed by atoms with van der Waals surface area (Å²) in [6.07, 6.45) is 4.76. The van der Waals surface area contributed by atoms with Crippen LogP contribution in [0.3, 0.4) is 0 Å². The van der Waals surface area contributed by atoms with E-state index in [0.29, 0.717) is 40.6 Å². The molecule has 1 aliphatic heterocycles. The van der Waals surface area contributed by atoms with Crippen molar-refractivity contribution in [3.63, 3.8) is 0 Å². The molecule has 2 aliphatic carbocycles. The molecule has 2 aromatic carbocycles. The maximum Gasteiger partial charge on any atom is 0.315 e. The molecule has 194 valence electrons. The number of benzene rings is 2. The van der Waals surface area contributed by atoms with Crippen LogP contribution >= 0.6 is 11.6 Å². The Morgan fingerprint density at radius 3 is 2.43 bits per heavy atom. The van der Waals surface area contributed by atoms with Crippen LogP contribution < -0.4 is 9.47 Å². The number of Topliss-reactive ketones (excluding diaryl/α,β-unsaturated/α-hetero) is 1. The summed E-state index contributed by atoms with van der Waals surface area (Å²) in [6, 6.07) is 13.2. The number of halogens is 1. The Hall–Kier alpha value is -3.12. The molecule has 0 N–H and O–H groups in total. The van der Waals surface area contributed by atoms with Gasteiger partial charge in [-0.25, -0.2) is 0 Å². The molecule has 1 saturated carbocycles. The zero-order valence-corrected chi connectivity index (χ0v) is 22.2. The summed E-state index contributed by atoms with van der Waals surface area (Å²) >= 11 is 6.36. The van der Waals surface area contributed by atoms with E-state index in [1.165, 1.54) is 0 Å². The fourth-order valence-corrected chi connectivity index (χ4v) is 6.21. The van der Waals surface area contributed by atoms with Crippen LogP contribution in [-0.4, -0.2) is 37.8 Å². The summed E-state index contributed by atoms with van der Waals surface area (Å²) in [4.78, 5) is 32.2. The predicted octanol–water partition coefficient (Wildman–Crippen LogP) is 6.42. The molecule has 5 rings (SSSR count). The highest BCUT2D eigenvalue weighted by atomic mass is 35.5. The average molecular weight is 522 g/mol. The third-order valence-electron chi connectivity index (χ3n) is 7.81. The largest absolute Gasteiger partial charge is 0.493 e. The molecule has 6 nitrogen and oxygen atoms in total. The van der Waals surface area contributed by atoms with Gasteiger partial charge in [0, 0.05) is 34.3 Å². The number of carbonyl (C=O) groups is 2. The summed E-state index contributed by atoms with van der Waals surface area (Å²) in [6.45, 7) is 1.87. The van der Waals surface area contributed by atoms with Crippen LogP contribution in [0.4, 0.5) is 0 Å². The van der Waals surface area contributed by atoms with Crippen LogP contribution in [0.1, 0.15) is 68.4 Å². The van der Waals surface area contributed by atoms with Crippen LogP contribution in [0.5, 0.6) is 11.5 Å². The van der Waals surface area contributed by atoms with Crippen LogP contribution in [0, 0.1) is 5.92 Å². The minimum Gasteiger partial charge on any atom is -0.493 e. The molecule has 1 fully saturated rings. The smallest absolute Gasteiger partial charge is 0.315 e. The first-order chi connectivity index (χ1) is 17.9. The van der Waals surface area contributed by atoms with Crippen molar-refractivity contribution in [1.82, 2.24) is 0 Å². The Balaban J connectivity index is 1.53. The number of hydrogen-bond acceptors (Lipinski definition) is 6. The van der Waals surface area contributed by atoms with E-state index < -0.39 is 11.8 Å². The van der Waals surface area contributed by atoms with E-state index in [-0.39, 0.29) is 23.8 Å². The number of carbonyl (C=O) groups excluding carboxylic acids is 2. The van der Waals surface area contributed by atoms with Gasteiger partial charge in [-0.3, -0.25) is 14.6 Å². The van der Waals surface area contributed by atoms with Gasteiger partial charge in [-0.15, -0.1) is 0 Å². The van der Waals surface area contributed by atoms with Crippen LogP contribution in [-0.2, 0) is 14.3 Å². The van der Waals surface area contributed by atoms with Crippen molar-refractivity contribution in [3.8, 4) is 11.5 Å². The van der Waals surface area contributed by atoms with Gasteiger partial charge >= 0.3 is 5.97 Å². The van der Waals surface area contributed by atoms with E-state index in [1.807, 2.05) is 43.3 Å². The molecule has 3 aliphatic rings. The van der Waals surface area contributed by atoms with E-state index in [9.17, 15) is 9.59 Å². The maximum atomic E-state index is 13.8. The molecule has 0 radical (unpaired) electrons. The van der Waals surface area contributed by atoms with Gasteiger partial charge in [0.05, 0.1) is 14.2 Å². The summed E-state index contributed by atoms with van der Waals surface area (Å²) < 4.78 is 16.8. The van der Waals surface area contributed by atoms with E-state index >= 15 is 0 Å².